The molecule has 1 aliphatic carbocycles. The van der Waals surface area contributed by atoms with E-state index >= 15 is 0 Å². The van der Waals surface area contributed by atoms with Crippen molar-refractivity contribution in [1.29, 1.82) is 0 Å². The Bertz CT molecular complexity index is 409. The minimum absolute atomic E-state index is 0.124. The van der Waals surface area contributed by atoms with Crippen LogP contribution in [0.15, 0.2) is 37.4 Å². The second-order valence-electron chi connectivity index (χ2n) is 4.58. The molecule has 3 rings (SSSR count). The van der Waals surface area contributed by atoms with Crippen LogP contribution in [0.2, 0.25) is 0 Å². The second kappa shape index (κ2) is 4.33. The Kier molecular flexibility index (Phi) is 2.68. The topological polar surface area (TPSA) is 55.9 Å². The highest BCUT2D eigenvalue weighted by Crippen LogP contribution is 2.35. The van der Waals surface area contributed by atoms with Crippen molar-refractivity contribution in [2.75, 3.05) is 0 Å². The summed E-state index contributed by atoms with van der Waals surface area (Å²) in [4.78, 5) is 8.10. The van der Waals surface area contributed by atoms with Gasteiger partial charge in [-0.2, -0.15) is 0 Å². The third-order valence-electron chi connectivity index (χ3n) is 3.60. The molecule has 0 saturated heterocycles. The Morgan fingerprint density at radius 3 is 1.88 bits per heavy atom. The lowest BCUT2D eigenvalue weighted by atomic mass is 9.88. The molecule has 0 radical (unpaired) electrons. The summed E-state index contributed by atoms with van der Waals surface area (Å²) in [6.45, 7) is 0. The van der Waals surface area contributed by atoms with Crippen molar-refractivity contribution in [3.05, 3.63) is 37.4 Å². The first-order valence-electron chi connectivity index (χ1n) is 5.99. The van der Waals surface area contributed by atoms with E-state index in [-0.39, 0.29) is 18.2 Å². The Labute approximate surface area is 99.7 Å². The molecule has 17 heavy (non-hydrogen) atoms. The number of hydrogen-bond acceptors (Lipinski definition) is 3. The maximum absolute atomic E-state index is 10.5. The predicted octanol–water partition coefficient (Wildman–Crippen LogP) is 1.41. The first kappa shape index (κ1) is 10.5. The quantitative estimate of drug-likeness (QED) is 0.851. The lowest BCUT2D eigenvalue weighted by Crippen LogP contribution is -2.36. The molecule has 1 aliphatic rings. The van der Waals surface area contributed by atoms with Gasteiger partial charge in [0, 0.05) is 24.8 Å². The molecule has 0 bridgehead atoms. The van der Waals surface area contributed by atoms with Crippen molar-refractivity contribution in [2.24, 2.45) is 0 Å². The molecule has 2 aromatic rings. The number of hydrogen-bond donors (Lipinski definition) is 1. The molecule has 5 nitrogen and oxygen atoms in total. The summed E-state index contributed by atoms with van der Waals surface area (Å²) in [5, 5.41) is 10.5. The van der Waals surface area contributed by atoms with Gasteiger partial charge in [0.05, 0.1) is 30.8 Å². The van der Waals surface area contributed by atoms with Crippen molar-refractivity contribution in [3.8, 4) is 0 Å². The molecule has 0 spiro atoms. The van der Waals surface area contributed by atoms with Crippen molar-refractivity contribution in [3.63, 3.8) is 0 Å². The number of aliphatic hydroxyl groups excluding tert-OH is 1. The normalized spacial score (nSPS) is 29.4. The zero-order valence-corrected chi connectivity index (χ0v) is 9.55. The van der Waals surface area contributed by atoms with E-state index in [4.69, 9.17) is 0 Å². The van der Waals surface area contributed by atoms with Gasteiger partial charge in [-0.05, 0) is 19.3 Å². The summed E-state index contributed by atoms with van der Waals surface area (Å²) in [6, 6.07) is 0.247. The van der Waals surface area contributed by atoms with E-state index in [1.54, 1.807) is 25.0 Å². The van der Waals surface area contributed by atoms with Crippen LogP contribution in [-0.4, -0.2) is 30.3 Å². The zero-order chi connectivity index (χ0) is 11.7. The molecule has 1 saturated carbocycles. The summed E-state index contributed by atoms with van der Waals surface area (Å²) in [5.41, 5.74) is 0. The first-order valence-corrected chi connectivity index (χ1v) is 5.99. The summed E-state index contributed by atoms with van der Waals surface area (Å²) < 4.78 is 4.02. The molecule has 1 fully saturated rings. The number of imidazole rings is 2. The van der Waals surface area contributed by atoms with Crippen molar-refractivity contribution < 1.29 is 5.11 Å². The van der Waals surface area contributed by atoms with Gasteiger partial charge in [-0.25, -0.2) is 9.97 Å². The fraction of sp³-hybridized carbons (Fsp3) is 0.500. The van der Waals surface area contributed by atoms with Crippen molar-refractivity contribution in [2.45, 2.75) is 37.5 Å². The van der Waals surface area contributed by atoms with Gasteiger partial charge in [0.15, 0.2) is 0 Å². The maximum Gasteiger partial charge on any atom is 0.0954 e. The Hall–Kier alpha value is -1.62. The fourth-order valence-corrected chi connectivity index (χ4v) is 2.72. The summed E-state index contributed by atoms with van der Waals surface area (Å²) in [7, 11) is 0. The van der Waals surface area contributed by atoms with Crippen molar-refractivity contribution >= 4 is 0 Å². The number of rotatable bonds is 2. The highest BCUT2D eigenvalue weighted by atomic mass is 16.3. The van der Waals surface area contributed by atoms with Gasteiger partial charge in [-0.3, -0.25) is 0 Å². The predicted molar refractivity (Wildman–Crippen MR) is 62.4 cm³/mol. The fourth-order valence-electron chi connectivity index (χ4n) is 2.72. The molecular weight excluding hydrogens is 216 g/mol. The van der Waals surface area contributed by atoms with Gasteiger partial charge in [0.2, 0.25) is 0 Å². The molecule has 90 valence electrons. The van der Waals surface area contributed by atoms with Crippen LogP contribution >= 0.6 is 0 Å². The first-order chi connectivity index (χ1) is 8.36. The van der Waals surface area contributed by atoms with Gasteiger partial charge in [-0.1, -0.05) is 0 Å². The van der Waals surface area contributed by atoms with Gasteiger partial charge in [0.25, 0.3) is 0 Å². The van der Waals surface area contributed by atoms with E-state index in [0.29, 0.717) is 0 Å². The van der Waals surface area contributed by atoms with Crippen LogP contribution in [0.4, 0.5) is 0 Å². The monoisotopic (exact) mass is 232 g/mol. The average Bonchev–Trinajstić information content (AvgIpc) is 3.02. The van der Waals surface area contributed by atoms with Crippen LogP contribution in [0.3, 0.4) is 0 Å². The van der Waals surface area contributed by atoms with Crippen LogP contribution in [0, 0.1) is 0 Å². The lowest BCUT2D eigenvalue weighted by molar-refractivity contribution is 0.0288. The third-order valence-corrected chi connectivity index (χ3v) is 3.60. The van der Waals surface area contributed by atoms with E-state index in [1.807, 2.05) is 21.5 Å². The molecular formula is C12H16N4O. The molecule has 1 N–H and O–H groups in total. The van der Waals surface area contributed by atoms with E-state index in [1.165, 1.54) is 0 Å². The Morgan fingerprint density at radius 1 is 0.941 bits per heavy atom. The molecule has 0 aromatic carbocycles. The van der Waals surface area contributed by atoms with E-state index < -0.39 is 0 Å². The van der Waals surface area contributed by atoms with Crippen molar-refractivity contribution in [1.82, 2.24) is 19.1 Å². The van der Waals surface area contributed by atoms with E-state index in [0.717, 1.165) is 19.3 Å². The Balaban J connectivity index is 1.84. The van der Waals surface area contributed by atoms with E-state index in [2.05, 4.69) is 9.97 Å². The Morgan fingerprint density at radius 2 is 1.47 bits per heavy atom. The second-order valence-corrected chi connectivity index (χ2v) is 4.58. The summed E-state index contributed by atoms with van der Waals surface area (Å²) in [6.07, 6.45) is 13.7. The standard InChI is InChI=1S/C12H16N4O/c17-12-10(15-6-4-13-8-15)2-1-3-11(12)16-7-5-14-9-16/h4-12,17H,1-3H2. The largest absolute Gasteiger partial charge is 0.389 e. The molecule has 2 unspecified atom stereocenters. The van der Waals surface area contributed by atoms with Crippen LogP contribution < -0.4 is 0 Å². The maximum atomic E-state index is 10.5. The molecule has 2 heterocycles. The van der Waals surface area contributed by atoms with Crippen LogP contribution in [0.5, 0.6) is 0 Å². The highest BCUT2D eigenvalue weighted by molar-refractivity contribution is 4.94. The summed E-state index contributed by atoms with van der Waals surface area (Å²) >= 11 is 0. The third kappa shape index (κ3) is 1.86. The number of aromatic nitrogens is 4. The SMILES string of the molecule is OC1C(n2ccnc2)CCCC1n1ccnc1. The van der Waals surface area contributed by atoms with Crippen LogP contribution in [-0.2, 0) is 0 Å². The molecule has 2 aromatic heterocycles. The number of nitrogens with zero attached hydrogens (tertiary/aromatic N) is 4. The lowest BCUT2D eigenvalue weighted by Gasteiger charge is -2.36. The molecule has 0 amide bonds. The number of aliphatic hydroxyl groups is 1. The minimum atomic E-state index is -0.382. The molecule has 2 atom stereocenters. The molecule has 5 heteroatoms. The smallest absolute Gasteiger partial charge is 0.0954 e. The van der Waals surface area contributed by atoms with E-state index in [9.17, 15) is 5.11 Å². The van der Waals surface area contributed by atoms with Crippen LogP contribution in [0.25, 0.3) is 0 Å². The van der Waals surface area contributed by atoms with Gasteiger partial charge >= 0.3 is 0 Å². The molecule has 0 aliphatic heterocycles. The minimum Gasteiger partial charge on any atom is -0.389 e. The van der Waals surface area contributed by atoms with Gasteiger partial charge < -0.3 is 14.2 Å². The van der Waals surface area contributed by atoms with Gasteiger partial charge in [-0.15, -0.1) is 0 Å². The average molecular weight is 232 g/mol. The highest BCUT2D eigenvalue weighted by Gasteiger charge is 2.33. The van der Waals surface area contributed by atoms with Gasteiger partial charge in [0.1, 0.15) is 0 Å². The zero-order valence-electron chi connectivity index (χ0n) is 9.55. The summed E-state index contributed by atoms with van der Waals surface area (Å²) in [5.74, 6) is 0. The van der Waals surface area contributed by atoms with Crippen LogP contribution in [0.1, 0.15) is 31.3 Å².